The van der Waals surface area contributed by atoms with Crippen molar-refractivity contribution in [3.8, 4) is 0 Å². The summed E-state index contributed by atoms with van der Waals surface area (Å²) in [6.07, 6.45) is 4.73. The number of carbonyl (C=O) groups is 1. The van der Waals surface area contributed by atoms with Crippen LogP contribution in [0.15, 0.2) is 0 Å². The Kier molecular flexibility index (Phi) is 6.12. The van der Waals surface area contributed by atoms with Crippen LogP contribution in [0.5, 0.6) is 0 Å². The lowest BCUT2D eigenvalue weighted by molar-refractivity contribution is -0.110. The van der Waals surface area contributed by atoms with Crippen molar-refractivity contribution >= 4 is 28.0 Å². The smallest absolute Gasteiger partial charge is 0.185 e. The molecule has 0 N–H and O–H groups in total. The van der Waals surface area contributed by atoms with Gasteiger partial charge in [-0.3, -0.25) is 4.79 Å². The normalized spacial score (nSPS) is 13.4. The Hall–Kier alpha value is 0.237. The fourth-order valence-corrected chi connectivity index (χ4v) is 1.36. The van der Waals surface area contributed by atoms with Gasteiger partial charge in [0.25, 0.3) is 0 Å². The Bertz CT molecular complexity index is 106. The molecule has 0 fully saturated rings. The third kappa shape index (κ3) is 5.06. The molecule has 3 heteroatoms. The SMILES string of the molecule is CCCCCC([SiH3])C(=O)S. The number of hydrogen-bond donors (Lipinski definition) is 1. The molecule has 0 amide bonds. The summed E-state index contributed by atoms with van der Waals surface area (Å²) in [5, 5.41) is 0.0859. The highest BCUT2D eigenvalue weighted by molar-refractivity contribution is 7.96. The predicted octanol–water partition coefficient (Wildman–Crippen LogP) is 1.18. The molecular weight excluding hydrogens is 160 g/mol. The van der Waals surface area contributed by atoms with E-state index in [1.165, 1.54) is 19.3 Å². The Morgan fingerprint density at radius 2 is 2.20 bits per heavy atom. The van der Waals surface area contributed by atoms with Crippen LogP contribution in [0.25, 0.3) is 0 Å². The van der Waals surface area contributed by atoms with E-state index < -0.39 is 0 Å². The zero-order valence-corrected chi connectivity index (χ0v) is 9.66. The van der Waals surface area contributed by atoms with Crippen molar-refractivity contribution in [3.05, 3.63) is 0 Å². The third-order valence-corrected chi connectivity index (χ3v) is 3.69. The first-order valence-corrected chi connectivity index (χ1v) is 5.51. The molecule has 0 aliphatic heterocycles. The van der Waals surface area contributed by atoms with E-state index in [0.29, 0.717) is 0 Å². The van der Waals surface area contributed by atoms with Crippen molar-refractivity contribution in [3.63, 3.8) is 0 Å². The number of rotatable bonds is 5. The molecule has 0 aromatic rings. The molecular formula is C7H16OSSi. The molecule has 1 atom stereocenters. The quantitative estimate of drug-likeness (QED) is 0.378. The molecule has 0 bridgehead atoms. The summed E-state index contributed by atoms with van der Waals surface area (Å²) in [6.45, 7) is 2.17. The largest absolute Gasteiger partial charge is 0.288 e. The summed E-state index contributed by atoms with van der Waals surface area (Å²) < 4.78 is 0. The van der Waals surface area contributed by atoms with Crippen LogP contribution in [-0.2, 0) is 4.79 Å². The summed E-state index contributed by atoms with van der Waals surface area (Å²) in [6, 6.07) is 0. The van der Waals surface area contributed by atoms with Crippen LogP contribution in [0.1, 0.15) is 32.6 Å². The number of carbonyl (C=O) groups excluding carboxylic acids is 1. The number of hydrogen-bond acceptors (Lipinski definition) is 1. The topological polar surface area (TPSA) is 17.1 Å². The van der Waals surface area contributed by atoms with E-state index in [2.05, 4.69) is 19.6 Å². The van der Waals surface area contributed by atoms with Gasteiger partial charge in [-0.1, -0.05) is 26.2 Å². The van der Waals surface area contributed by atoms with Crippen molar-refractivity contribution in [1.29, 1.82) is 0 Å². The Morgan fingerprint density at radius 1 is 1.60 bits per heavy atom. The lowest BCUT2D eigenvalue weighted by Gasteiger charge is -2.04. The Labute approximate surface area is 71.4 Å². The summed E-state index contributed by atoms with van der Waals surface area (Å²) in [7, 11) is 0.964. The van der Waals surface area contributed by atoms with Gasteiger partial charge in [0.05, 0.1) is 0 Å². The Balaban J connectivity index is 3.21. The highest BCUT2D eigenvalue weighted by Crippen LogP contribution is 2.13. The maximum atomic E-state index is 10.6. The van der Waals surface area contributed by atoms with Crippen molar-refractivity contribution in [2.45, 2.75) is 38.1 Å². The van der Waals surface area contributed by atoms with Crippen LogP contribution in [-0.4, -0.2) is 15.4 Å². The second kappa shape index (κ2) is 5.98. The van der Waals surface area contributed by atoms with E-state index in [1.54, 1.807) is 0 Å². The van der Waals surface area contributed by atoms with Crippen LogP contribution in [0.3, 0.4) is 0 Å². The van der Waals surface area contributed by atoms with Gasteiger partial charge in [0.15, 0.2) is 5.12 Å². The maximum absolute atomic E-state index is 10.6. The Morgan fingerprint density at radius 3 is 2.60 bits per heavy atom. The zero-order valence-electron chi connectivity index (χ0n) is 6.76. The second-order valence-electron chi connectivity index (χ2n) is 2.74. The van der Waals surface area contributed by atoms with Crippen LogP contribution in [0.4, 0.5) is 0 Å². The molecule has 0 saturated heterocycles. The molecule has 0 radical (unpaired) electrons. The summed E-state index contributed by atoms with van der Waals surface area (Å²) in [5.74, 6) is 0. The molecule has 0 saturated carbocycles. The number of thiol groups is 1. The molecule has 0 spiro atoms. The molecule has 10 heavy (non-hydrogen) atoms. The first-order chi connectivity index (χ1) is 4.68. The molecule has 0 aromatic heterocycles. The zero-order chi connectivity index (χ0) is 7.98. The van der Waals surface area contributed by atoms with Crippen LogP contribution >= 0.6 is 12.6 Å². The molecule has 1 nitrogen and oxygen atoms in total. The van der Waals surface area contributed by atoms with E-state index in [0.717, 1.165) is 16.7 Å². The van der Waals surface area contributed by atoms with Gasteiger partial charge < -0.3 is 0 Å². The lowest BCUT2D eigenvalue weighted by atomic mass is 10.2. The van der Waals surface area contributed by atoms with E-state index in [4.69, 9.17) is 0 Å². The van der Waals surface area contributed by atoms with Gasteiger partial charge in [0.1, 0.15) is 0 Å². The van der Waals surface area contributed by atoms with Crippen molar-refractivity contribution in [1.82, 2.24) is 0 Å². The van der Waals surface area contributed by atoms with E-state index in [1.807, 2.05) is 0 Å². The fourth-order valence-electron chi connectivity index (χ4n) is 0.824. The van der Waals surface area contributed by atoms with E-state index >= 15 is 0 Å². The average molecular weight is 176 g/mol. The summed E-state index contributed by atoms with van der Waals surface area (Å²) in [4.78, 5) is 10.6. The minimum atomic E-state index is 0.0859. The predicted molar refractivity (Wildman–Crippen MR) is 51.8 cm³/mol. The van der Waals surface area contributed by atoms with Crippen molar-refractivity contribution in [2.24, 2.45) is 0 Å². The van der Waals surface area contributed by atoms with Gasteiger partial charge in [-0.2, -0.15) is 0 Å². The minimum Gasteiger partial charge on any atom is -0.288 e. The standard InChI is InChI=1S/C7H16OSSi/c1-2-3-4-5-6(10)7(8)9/h6H,2-5H2,1,10H3,(H,8,9). The van der Waals surface area contributed by atoms with Crippen molar-refractivity contribution in [2.75, 3.05) is 0 Å². The number of unbranched alkanes of at least 4 members (excludes halogenated alkanes) is 2. The van der Waals surface area contributed by atoms with Crippen LogP contribution < -0.4 is 0 Å². The van der Waals surface area contributed by atoms with E-state index in [9.17, 15) is 4.79 Å². The molecule has 60 valence electrons. The monoisotopic (exact) mass is 176 g/mol. The van der Waals surface area contributed by atoms with E-state index in [-0.39, 0.29) is 10.7 Å². The summed E-state index contributed by atoms with van der Waals surface area (Å²) in [5.41, 5.74) is 0.287. The van der Waals surface area contributed by atoms with Crippen LogP contribution in [0, 0.1) is 0 Å². The third-order valence-electron chi connectivity index (χ3n) is 1.66. The lowest BCUT2D eigenvalue weighted by Crippen LogP contribution is -2.00. The molecule has 0 aliphatic rings. The second-order valence-corrected chi connectivity index (χ2v) is 4.57. The first kappa shape index (κ1) is 10.2. The first-order valence-electron chi connectivity index (χ1n) is 3.91. The van der Waals surface area contributed by atoms with Gasteiger partial charge in [0.2, 0.25) is 0 Å². The van der Waals surface area contributed by atoms with Crippen molar-refractivity contribution < 1.29 is 4.79 Å². The molecule has 0 aromatic carbocycles. The maximum Gasteiger partial charge on any atom is 0.185 e. The molecule has 0 aliphatic carbocycles. The average Bonchev–Trinajstić information content (AvgIpc) is 1.88. The highest BCUT2D eigenvalue weighted by atomic mass is 32.1. The van der Waals surface area contributed by atoms with Gasteiger partial charge in [0, 0.05) is 15.8 Å². The molecule has 0 heterocycles. The molecule has 0 rings (SSSR count). The minimum absolute atomic E-state index is 0.0859. The highest BCUT2D eigenvalue weighted by Gasteiger charge is 2.06. The molecule has 1 unspecified atom stereocenters. The van der Waals surface area contributed by atoms with Gasteiger partial charge >= 0.3 is 0 Å². The van der Waals surface area contributed by atoms with Gasteiger partial charge in [-0.25, -0.2) is 0 Å². The fraction of sp³-hybridized carbons (Fsp3) is 0.857. The van der Waals surface area contributed by atoms with Gasteiger partial charge in [-0.05, 0) is 6.42 Å². The van der Waals surface area contributed by atoms with Gasteiger partial charge in [-0.15, -0.1) is 12.6 Å². The summed E-state index contributed by atoms with van der Waals surface area (Å²) >= 11 is 3.79. The van der Waals surface area contributed by atoms with Crippen LogP contribution in [0.2, 0.25) is 5.54 Å².